The van der Waals surface area contributed by atoms with Crippen molar-refractivity contribution in [2.75, 3.05) is 23.3 Å². The molecule has 1 N–H and O–H groups in total. The molecular formula is C23H24N2O4S. The van der Waals surface area contributed by atoms with E-state index in [2.05, 4.69) is 5.32 Å². The molecule has 0 radical (unpaired) electrons. The molecule has 0 heterocycles. The van der Waals surface area contributed by atoms with Gasteiger partial charge in [0.05, 0.1) is 17.7 Å². The quantitative estimate of drug-likeness (QED) is 0.618. The molecule has 30 heavy (non-hydrogen) atoms. The van der Waals surface area contributed by atoms with Gasteiger partial charge in [0.1, 0.15) is 12.3 Å². The average molecular weight is 425 g/mol. The van der Waals surface area contributed by atoms with Gasteiger partial charge in [0.15, 0.2) is 0 Å². The minimum Gasteiger partial charge on any atom is -0.497 e. The van der Waals surface area contributed by atoms with Crippen LogP contribution in [0.2, 0.25) is 0 Å². The number of ether oxygens (including phenoxy) is 1. The Labute approximate surface area is 177 Å². The molecular weight excluding hydrogens is 400 g/mol. The number of amides is 1. The summed E-state index contributed by atoms with van der Waals surface area (Å²) in [5, 5.41) is 2.80. The Morgan fingerprint density at radius 3 is 2.23 bits per heavy atom. The summed E-state index contributed by atoms with van der Waals surface area (Å²) in [6, 6.07) is 20.3. The number of methoxy groups -OCH3 is 1. The van der Waals surface area contributed by atoms with E-state index in [1.165, 1.54) is 19.2 Å². The van der Waals surface area contributed by atoms with Gasteiger partial charge in [-0.25, -0.2) is 8.42 Å². The minimum absolute atomic E-state index is 0.104. The third kappa shape index (κ3) is 4.99. The monoisotopic (exact) mass is 424 g/mol. The number of benzene rings is 3. The molecule has 3 rings (SSSR count). The molecule has 0 aliphatic rings. The SMILES string of the molecule is COc1cccc(N(CC(=O)Nc2cc(C)cc(C)c2)S(=O)(=O)c2ccccc2)c1. The van der Waals surface area contributed by atoms with E-state index in [0.717, 1.165) is 15.4 Å². The molecule has 0 bridgehead atoms. The molecule has 0 aromatic heterocycles. The van der Waals surface area contributed by atoms with Gasteiger partial charge in [0.2, 0.25) is 5.91 Å². The average Bonchev–Trinajstić information content (AvgIpc) is 2.72. The van der Waals surface area contributed by atoms with Crippen molar-refractivity contribution in [1.29, 1.82) is 0 Å². The van der Waals surface area contributed by atoms with Crippen LogP contribution in [-0.4, -0.2) is 28.0 Å². The molecule has 0 fully saturated rings. The lowest BCUT2D eigenvalue weighted by molar-refractivity contribution is -0.114. The van der Waals surface area contributed by atoms with Crippen LogP contribution in [0, 0.1) is 13.8 Å². The zero-order valence-corrected chi connectivity index (χ0v) is 17.9. The summed E-state index contributed by atoms with van der Waals surface area (Å²) in [6.45, 7) is 3.49. The van der Waals surface area contributed by atoms with Crippen LogP contribution in [0.15, 0.2) is 77.7 Å². The van der Waals surface area contributed by atoms with Crippen molar-refractivity contribution in [2.45, 2.75) is 18.7 Å². The predicted octanol–water partition coefficient (Wildman–Crippen LogP) is 4.15. The highest BCUT2D eigenvalue weighted by molar-refractivity contribution is 7.92. The van der Waals surface area contributed by atoms with Gasteiger partial charge in [-0.15, -0.1) is 0 Å². The normalized spacial score (nSPS) is 11.0. The second-order valence-electron chi connectivity index (χ2n) is 6.95. The number of carbonyl (C=O) groups is 1. The number of hydrogen-bond donors (Lipinski definition) is 1. The van der Waals surface area contributed by atoms with Gasteiger partial charge in [0, 0.05) is 11.8 Å². The van der Waals surface area contributed by atoms with Crippen molar-refractivity contribution in [3.05, 3.63) is 83.9 Å². The number of anilines is 2. The molecule has 3 aromatic carbocycles. The third-order valence-corrected chi connectivity index (χ3v) is 6.25. The first-order chi connectivity index (χ1) is 14.3. The summed E-state index contributed by atoms with van der Waals surface area (Å²) in [7, 11) is -2.46. The fourth-order valence-corrected chi connectivity index (χ4v) is 4.61. The first-order valence-electron chi connectivity index (χ1n) is 9.39. The smallest absolute Gasteiger partial charge is 0.264 e. The van der Waals surface area contributed by atoms with Crippen LogP contribution in [0.3, 0.4) is 0 Å². The molecule has 3 aromatic rings. The predicted molar refractivity (Wildman–Crippen MR) is 119 cm³/mol. The molecule has 0 atom stereocenters. The number of carbonyl (C=O) groups excluding carboxylic acids is 1. The Balaban J connectivity index is 1.96. The summed E-state index contributed by atoms with van der Waals surface area (Å²) >= 11 is 0. The highest BCUT2D eigenvalue weighted by Crippen LogP contribution is 2.27. The van der Waals surface area contributed by atoms with E-state index in [4.69, 9.17) is 4.74 Å². The highest BCUT2D eigenvalue weighted by atomic mass is 32.2. The number of sulfonamides is 1. The molecule has 0 saturated carbocycles. The number of hydrogen-bond acceptors (Lipinski definition) is 4. The molecule has 0 unspecified atom stereocenters. The summed E-state index contributed by atoms with van der Waals surface area (Å²) in [4.78, 5) is 12.9. The van der Waals surface area contributed by atoms with Crippen molar-refractivity contribution in [3.63, 3.8) is 0 Å². The van der Waals surface area contributed by atoms with Crippen molar-refractivity contribution in [1.82, 2.24) is 0 Å². The van der Waals surface area contributed by atoms with Gasteiger partial charge in [-0.2, -0.15) is 0 Å². The maximum Gasteiger partial charge on any atom is 0.264 e. The third-order valence-electron chi connectivity index (χ3n) is 4.47. The van der Waals surface area contributed by atoms with Gasteiger partial charge in [-0.3, -0.25) is 9.10 Å². The van der Waals surface area contributed by atoms with Crippen LogP contribution < -0.4 is 14.4 Å². The molecule has 0 aliphatic heterocycles. The molecule has 156 valence electrons. The topological polar surface area (TPSA) is 75.7 Å². The summed E-state index contributed by atoms with van der Waals surface area (Å²) in [5.74, 6) is 0.0535. The highest BCUT2D eigenvalue weighted by Gasteiger charge is 2.27. The van der Waals surface area contributed by atoms with E-state index in [-0.39, 0.29) is 11.4 Å². The van der Waals surface area contributed by atoms with Gasteiger partial charge in [-0.1, -0.05) is 30.3 Å². The number of nitrogens with zero attached hydrogens (tertiary/aromatic N) is 1. The first-order valence-corrected chi connectivity index (χ1v) is 10.8. The second kappa shape index (κ2) is 9.00. The summed E-state index contributed by atoms with van der Waals surface area (Å²) < 4.78 is 33.0. The molecule has 0 aliphatic carbocycles. The second-order valence-corrected chi connectivity index (χ2v) is 8.81. The zero-order chi connectivity index (χ0) is 21.7. The lowest BCUT2D eigenvalue weighted by Gasteiger charge is -2.24. The molecule has 6 nitrogen and oxygen atoms in total. The van der Waals surface area contributed by atoms with Crippen molar-refractivity contribution in [2.24, 2.45) is 0 Å². The van der Waals surface area contributed by atoms with Crippen LogP contribution in [0.1, 0.15) is 11.1 Å². The largest absolute Gasteiger partial charge is 0.497 e. The van der Waals surface area contributed by atoms with Gasteiger partial charge >= 0.3 is 0 Å². The summed E-state index contributed by atoms with van der Waals surface area (Å²) in [6.07, 6.45) is 0. The fourth-order valence-electron chi connectivity index (χ4n) is 3.18. The van der Waals surface area contributed by atoms with Crippen LogP contribution >= 0.6 is 0 Å². The minimum atomic E-state index is -3.97. The fraction of sp³-hybridized carbons (Fsp3) is 0.174. The lowest BCUT2D eigenvalue weighted by Crippen LogP contribution is -2.38. The Hall–Kier alpha value is -3.32. The van der Waals surface area contributed by atoms with Crippen molar-refractivity contribution >= 4 is 27.3 Å². The van der Waals surface area contributed by atoms with Gasteiger partial charge < -0.3 is 10.1 Å². The summed E-state index contributed by atoms with van der Waals surface area (Å²) in [5.41, 5.74) is 2.98. The van der Waals surface area contributed by atoms with E-state index in [1.807, 2.05) is 32.0 Å². The zero-order valence-electron chi connectivity index (χ0n) is 17.1. The van der Waals surface area contributed by atoms with Gasteiger partial charge in [-0.05, 0) is 61.4 Å². The molecule has 0 saturated heterocycles. The molecule has 0 spiro atoms. The van der Waals surface area contributed by atoms with Crippen molar-refractivity contribution in [3.8, 4) is 5.75 Å². The van der Waals surface area contributed by atoms with Crippen LogP contribution in [0.25, 0.3) is 0 Å². The van der Waals surface area contributed by atoms with E-state index in [9.17, 15) is 13.2 Å². The van der Waals surface area contributed by atoms with Crippen LogP contribution in [0.5, 0.6) is 5.75 Å². The maximum atomic E-state index is 13.3. The van der Waals surface area contributed by atoms with Gasteiger partial charge in [0.25, 0.3) is 10.0 Å². The maximum absolute atomic E-state index is 13.3. The lowest BCUT2D eigenvalue weighted by atomic mass is 10.1. The first kappa shape index (κ1) is 21.4. The van der Waals surface area contributed by atoms with E-state index >= 15 is 0 Å². The number of nitrogens with one attached hydrogen (secondary N) is 1. The standard InChI is InChI=1S/C23H24N2O4S/c1-17-12-18(2)14-19(13-17)24-23(26)16-25(20-8-7-9-21(15-20)29-3)30(27,28)22-10-5-4-6-11-22/h4-15H,16H2,1-3H3,(H,24,26). The van der Waals surface area contributed by atoms with E-state index in [1.54, 1.807) is 42.5 Å². The molecule has 1 amide bonds. The Kier molecular flexibility index (Phi) is 6.42. The number of rotatable bonds is 7. The Morgan fingerprint density at radius 1 is 0.933 bits per heavy atom. The van der Waals surface area contributed by atoms with Crippen LogP contribution in [0.4, 0.5) is 11.4 Å². The molecule has 7 heteroatoms. The van der Waals surface area contributed by atoms with E-state index in [0.29, 0.717) is 17.1 Å². The van der Waals surface area contributed by atoms with Crippen LogP contribution in [-0.2, 0) is 14.8 Å². The van der Waals surface area contributed by atoms with E-state index < -0.39 is 15.9 Å². The number of aryl methyl sites for hydroxylation is 2. The Morgan fingerprint density at radius 2 is 1.60 bits per heavy atom. The van der Waals surface area contributed by atoms with Crippen molar-refractivity contribution < 1.29 is 17.9 Å². The Bertz CT molecular complexity index is 1120.